The normalized spacial score (nSPS) is 11.4. The van der Waals surface area contributed by atoms with Crippen LogP contribution in [-0.2, 0) is 0 Å². The Bertz CT molecular complexity index is 2160. The van der Waals surface area contributed by atoms with Crippen LogP contribution >= 0.6 is 0 Å². The van der Waals surface area contributed by atoms with Crippen LogP contribution in [0.4, 0.5) is 28.4 Å². The van der Waals surface area contributed by atoms with Crippen molar-refractivity contribution in [2.45, 2.75) is 13.8 Å². The van der Waals surface area contributed by atoms with Crippen molar-refractivity contribution in [1.82, 2.24) is 0 Å². The summed E-state index contributed by atoms with van der Waals surface area (Å²) >= 11 is 0. The molecule has 0 bridgehead atoms. The van der Waals surface area contributed by atoms with Gasteiger partial charge in [-0.05, 0) is 125 Å². The van der Waals surface area contributed by atoms with Crippen molar-refractivity contribution >= 4 is 52.2 Å². The van der Waals surface area contributed by atoms with Crippen LogP contribution in [0.25, 0.3) is 34.9 Å². The maximum atomic E-state index is 5.61. The maximum absolute atomic E-state index is 5.61. The zero-order chi connectivity index (χ0) is 35.2. The predicted octanol–water partition coefficient (Wildman–Crippen LogP) is 12.4. The Hall–Kier alpha value is -6.58. The molecular formula is C48H41N3. The Morgan fingerprint density at radius 2 is 0.784 bits per heavy atom. The van der Waals surface area contributed by atoms with E-state index in [2.05, 4.69) is 158 Å². The van der Waals surface area contributed by atoms with Crippen LogP contribution in [0.5, 0.6) is 0 Å². The van der Waals surface area contributed by atoms with Gasteiger partial charge in [0, 0.05) is 28.4 Å². The Kier molecular flexibility index (Phi) is 9.62. The van der Waals surface area contributed by atoms with Gasteiger partial charge in [0.15, 0.2) is 0 Å². The van der Waals surface area contributed by atoms with Gasteiger partial charge in [-0.2, -0.15) is 0 Å². The zero-order valence-corrected chi connectivity index (χ0v) is 29.0. The minimum Gasteiger partial charge on any atom is -0.399 e. The van der Waals surface area contributed by atoms with E-state index >= 15 is 0 Å². The summed E-state index contributed by atoms with van der Waals surface area (Å²) in [6, 6.07) is 59.2. The summed E-state index contributed by atoms with van der Waals surface area (Å²) < 4.78 is 0. The molecule has 0 aliphatic heterocycles. The molecule has 7 aromatic carbocycles. The molecule has 51 heavy (non-hydrogen) atoms. The number of nitrogens with two attached hydrogens (primary N) is 2. The van der Waals surface area contributed by atoms with Crippen LogP contribution in [0.1, 0.15) is 38.9 Å². The molecule has 0 fully saturated rings. The topological polar surface area (TPSA) is 55.3 Å². The average molecular weight is 660 g/mol. The van der Waals surface area contributed by atoms with Gasteiger partial charge in [-0.25, -0.2) is 0 Å². The highest BCUT2D eigenvalue weighted by Crippen LogP contribution is 2.37. The number of nitrogens with zero attached hydrogens (tertiary/aromatic N) is 1. The second-order valence-corrected chi connectivity index (χ2v) is 12.9. The number of nitrogen functional groups attached to an aromatic ring is 2. The molecule has 0 spiro atoms. The fourth-order valence-corrected chi connectivity index (χ4v) is 6.33. The van der Waals surface area contributed by atoms with E-state index in [1.165, 1.54) is 44.5 Å². The number of fused-ring (bicyclic) bond motifs is 2. The summed E-state index contributed by atoms with van der Waals surface area (Å²) in [6.07, 6.45) is 6.76. The van der Waals surface area contributed by atoms with Crippen molar-refractivity contribution in [3.63, 3.8) is 0 Å². The van der Waals surface area contributed by atoms with E-state index in [-0.39, 0.29) is 0 Å². The highest BCUT2D eigenvalue weighted by molar-refractivity contribution is 6.00. The average Bonchev–Trinajstić information content (AvgIpc) is 3.32. The smallest absolute Gasteiger partial charge is 0.0462 e. The molecule has 1 aliphatic carbocycles. The molecule has 0 radical (unpaired) electrons. The minimum absolute atomic E-state index is 0.782. The molecule has 0 atom stereocenters. The quantitative estimate of drug-likeness (QED) is 0.181. The van der Waals surface area contributed by atoms with E-state index in [9.17, 15) is 0 Å². The molecule has 0 saturated carbocycles. The number of hydrogen-bond acceptors (Lipinski definition) is 3. The highest BCUT2D eigenvalue weighted by Gasteiger charge is 2.16. The monoisotopic (exact) mass is 659 g/mol. The first kappa shape index (κ1) is 32.9. The van der Waals surface area contributed by atoms with Crippen molar-refractivity contribution in [2.75, 3.05) is 16.4 Å². The Morgan fingerprint density at radius 1 is 0.412 bits per heavy atom. The van der Waals surface area contributed by atoms with E-state index in [0.717, 1.165) is 39.6 Å². The van der Waals surface area contributed by atoms with Gasteiger partial charge in [0.05, 0.1) is 0 Å². The molecule has 3 heteroatoms. The summed E-state index contributed by atoms with van der Waals surface area (Å²) in [5.74, 6) is 0. The van der Waals surface area contributed by atoms with Gasteiger partial charge in [-0.15, -0.1) is 0 Å². The van der Waals surface area contributed by atoms with Crippen molar-refractivity contribution in [3.05, 3.63) is 209 Å². The summed E-state index contributed by atoms with van der Waals surface area (Å²) in [7, 11) is 0. The Labute approximate surface area is 301 Å². The lowest BCUT2D eigenvalue weighted by Crippen LogP contribution is -2.09. The standard InChI is InChI=1S/C36H29N.C12H12N2/c1-26-11-19-31(20-12-26)37(32-21-13-27(2)14-22-32)33-23-15-28(16-24-33)25-36-34-9-5-3-7-29(34)17-18-30-8-4-6-10-35(30)36;13-11-5-1-9(2-6-11)10-3-7-12(14)8-4-10/h3-25H,1-2H3;1-8H,13-14H2. The van der Waals surface area contributed by atoms with E-state index in [0.29, 0.717) is 0 Å². The summed E-state index contributed by atoms with van der Waals surface area (Å²) in [6.45, 7) is 4.25. The van der Waals surface area contributed by atoms with E-state index < -0.39 is 0 Å². The van der Waals surface area contributed by atoms with Gasteiger partial charge in [0.1, 0.15) is 0 Å². The Morgan fingerprint density at radius 3 is 1.20 bits per heavy atom. The predicted molar refractivity (Wildman–Crippen MR) is 220 cm³/mol. The summed E-state index contributed by atoms with van der Waals surface area (Å²) in [4.78, 5) is 2.32. The van der Waals surface area contributed by atoms with E-state index in [4.69, 9.17) is 11.5 Å². The molecule has 248 valence electrons. The number of anilines is 5. The first-order valence-electron chi connectivity index (χ1n) is 17.2. The summed E-state index contributed by atoms with van der Waals surface area (Å²) in [5, 5.41) is 0. The van der Waals surface area contributed by atoms with Crippen molar-refractivity contribution < 1.29 is 0 Å². The van der Waals surface area contributed by atoms with Gasteiger partial charge in [-0.3, -0.25) is 0 Å². The van der Waals surface area contributed by atoms with Gasteiger partial charge < -0.3 is 16.4 Å². The van der Waals surface area contributed by atoms with Gasteiger partial charge in [0.2, 0.25) is 0 Å². The number of rotatable bonds is 5. The molecule has 0 saturated heterocycles. The lowest BCUT2D eigenvalue weighted by molar-refractivity contribution is 1.27. The van der Waals surface area contributed by atoms with Crippen LogP contribution in [0.3, 0.4) is 0 Å². The van der Waals surface area contributed by atoms with Crippen molar-refractivity contribution in [2.24, 2.45) is 0 Å². The van der Waals surface area contributed by atoms with Gasteiger partial charge in [-0.1, -0.05) is 132 Å². The van der Waals surface area contributed by atoms with Gasteiger partial charge >= 0.3 is 0 Å². The molecule has 0 amide bonds. The van der Waals surface area contributed by atoms with Crippen LogP contribution < -0.4 is 16.4 Å². The highest BCUT2D eigenvalue weighted by atomic mass is 15.1. The van der Waals surface area contributed by atoms with E-state index in [1.807, 2.05) is 48.5 Å². The lowest BCUT2D eigenvalue weighted by atomic mass is 9.92. The minimum atomic E-state index is 0.782. The molecule has 4 N–H and O–H groups in total. The first-order valence-corrected chi connectivity index (χ1v) is 17.2. The van der Waals surface area contributed by atoms with Crippen molar-refractivity contribution in [1.29, 1.82) is 0 Å². The largest absolute Gasteiger partial charge is 0.399 e. The van der Waals surface area contributed by atoms with Crippen LogP contribution in [0, 0.1) is 13.8 Å². The van der Waals surface area contributed by atoms with E-state index in [1.54, 1.807) is 0 Å². The third-order valence-corrected chi connectivity index (χ3v) is 9.15. The molecule has 0 heterocycles. The second-order valence-electron chi connectivity index (χ2n) is 12.9. The fourth-order valence-electron chi connectivity index (χ4n) is 6.33. The fraction of sp³-hybridized carbons (Fsp3) is 0.0417. The molecule has 8 rings (SSSR count). The third-order valence-electron chi connectivity index (χ3n) is 9.15. The lowest BCUT2D eigenvalue weighted by Gasteiger charge is -2.26. The molecule has 7 aromatic rings. The van der Waals surface area contributed by atoms with Crippen LogP contribution in [0.2, 0.25) is 0 Å². The number of aryl methyl sites for hydroxylation is 2. The Balaban J connectivity index is 0.000000243. The third kappa shape index (κ3) is 7.69. The second kappa shape index (κ2) is 14.9. The van der Waals surface area contributed by atoms with Crippen LogP contribution in [-0.4, -0.2) is 0 Å². The van der Waals surface area contributed by atoms with Crippen LogP contribution in [0.15, 0.2) is 170 Å². The first-order chi connectivity index (χ1) is 24.9. The molecule has 3 nitrogen and oxygen atoms in total. The molecule has 0 unspecified atom stereocenters. The SMILES string of the molecule is Cc1ccc(N(c2ccc(C)cc2)c2ccc(C=C3c4ccccc4C=Cc4ccccc43)cc2)cc1.Nc1ccc(-c2ccc(N)cc2)cc1. The molecule has 1 aliphatic rings. The number of benzene rings is 7. The van der Waals surface area contributed by atoms with Gasteiger partial charge in [0.25, 0.3) is 0 Å². The molecular weight excluding hydrogens is 619 g/mol. The zero-order valence-electron chi connectivity index (χ0n) is 29.0. The number of hydrogen-bond donors (Lipinski definition) is 2. The van der Waals surface area contributed by atoms with Crippen molar-refractivity contribution in [3.8, 4) is 11.1 Å². The summed E-state index contributed by atoms with van der Waals surface area (Å²) in [5.41, 5.74) is 28.5. The molecule has 0 aromatic heterocycles. The maximum Gasteiger partial charge on any atom is 0.0462 e.